The van der Waals surface area contributed by atoms with Gasteiger partial charge < -0.3 is 20.1 Å². The Morgan fingerprint density at radius 1 is 1.25 bits per heavy atom. The Hall–Kier alpha value is -2.71. The standard InChI is InChI=1S/C19H24F2N2O5/c20-19(21)28-15-8-2-1-7-14(15)18(27)23-11-5-6-13(12-23)17(26)22-10-4-3-9-16(24)25/h1-2,7-8,13,19H,3-6,9-12H2,(H,22,26)(H,24,25). The summed E-state index contributed by atoms with van der Waals surface area (Å²) in [5.74, 6) is -2.09. The zero-order chi connectivity index (χ0) is 20.5. The fourth-order valence-corrected chi connectivity index (χ4v) is 3.15. The Balaban J connectivity index is 1.91. The summed E-state index contributed by atoms with van der Waals surface area (Å²) in [7, 11) is 0. The van der Waals surface area contributed by atoms with Gasteiger partial charge in [0.2, 0.25) is 5.91 Å². The van der Waals surface area contributed by atoms with Gasteiger partial charge in [-0.2, -0.15) is 8.78 Å². The van der Waals surface area contributed by atoms with E-state index in [0.717, 1.165) is 0 Å². The van der Waals surface area contributed by atoms with Crippen LogP contribution in [0.15, 0.2) is 24.3 Å². The zero-order valence-electron chi connectivity index (χ0n) is 15.4. The van der Waals surface area contributed by atoms with Gasteiger partial charge in [0.1, 0.15) is 5.75 Å². The lowest BCUT2D eigenvalue weighted by atomic mass is 9.96. The van der Waals surface area contributed by atoms with E-state index in [2.05, 4.69) is 10.1 Å². The number of carboxylic acids is 1. The predicted octanol–water partition coefficient (Wildman–Crippen LogP) is 2.51. The number of halogens is 2. The smallest absolute Gasteiger partial charge is 0.387 e. The van der Waals surface area contributed by atoms with Crippen LogP contribution in [0.5, 0.6) is 5.75 Å². The second kappa shape index (κ2) is 10.6. The number of carbonyl (C=O) groups excluding carboxylic acids is 2. The summed E-state index contributed by atoms with van der Waals surface area (Å²) in [6.45, 7) is -2.02. The van der Waals surface area contributed by atoms with Gasteiger partial charge in [0.05, 0.1) is 11.5 Å². The fraction of sp³-hybridized carbons (Fsp3) is 0.526. The summed E-state index contributed by atoms with van der Waals surface area (Å²) < 4.78 is 29.5. The van der Waals surface area contributed by atoms with Crippen molar-refractivity contribution in [1.82, 2.24) is 10.2 Å². The molecule has 0 saturated carbocycles. The molecule has 0 aromatic heterocycles. The van der Waals surface area contributed by atoms with E-state index < -0.39 is 18.5 Å². The number of unbranched alkanes of at least 4 members (excludes halogenated alkanes) is 1. The van der Waals surface area contributed by atoms with Gasteiger partial charge in [-0.25, -0.2) is 0 Å². The highest BCUT2D eigenvalue weighted by Gasteiger charge is 2.30. The van der Waals surface area contributed by atoms with Crippen LogP contribution in [0, 0.1) is 5.92 Å². The van der Waals surface area contributed by atoms with E-state index in [9.17, 15) is 23.2 Å². The minimum Gasteiger partial charge on any atom is -0.481 e. The van der Waals surface area contributed by atoms with Gasteiger partial charge in [0.15, 0.2) is 0 Å². The van der Waals surface area contributed by atoms with Crippen LogP contribution in [0.2, 0.25) is 0 Å². The maximum atomic E-state index is 12.7. The first kappa shape index (κ1) is 21.6. The van der Waals surface area contributed by atoms with Gasteiger partial charge in [-0.1, -0.05) is 12.1 Å². The van der Waals surface area contributed by atoms with Crippen molar-refractivity contribution < 1.29 is 33.0 Å². The Kier molecular flexibility index (Phi) is 8.16. The van der Waals surface area contributed by atoms with Crippen molar-refractivity contribution in [2.24, 2.45) is 5.92 Å². The molecule has 0 radical (unpaired) electrons. The molecule has 28 heavy (non-hydrogen) atoms. The van der Waals surface area contributed by atoms with E-state index in [4.69, 9.17) is 5.11 Å². The van der Waals surface area contributed by atoms with Crippen molar-refractivity contribution in [2.75, 3.05) is 19.6 Å². The number of benzene rings is 1. The predicted molar refractivity (Wildman–Crippen MR) is 96.2 cm³/mol. The Morgan fingerprint density at radius 3 is 2.71 bits per heavy atom. The van der Waals surface area contributed by atoms with Gasteiger partial charge in [0.25, 0.3) is 5.91 Å². The van der Waals surface area contributed by atoms with Crippen molar-refractivity contribution in [3.63, 3.8) is 0 Å². The molecule has 0 spiro atoms. The number of para-hydroxylation sites is 1. The number of hydrogen-bond acceptors (Lipinski definition) is 4. The van der Waals surface area contributed by atoms with Crippen LogP contribution in [0.4, 0.5) is 8.78 Å². The number of piperidine rings is 1. The van der Waals surface area contributed by atoms with Gasteiger partial charge in [-0.3, -0.25) is 14.4 Å². The lowest BCUT2D eigenvalue weighted by molar-refractivity contribution is -0.137. The summed E-state index contributed by atoms with van der Waals surface area (Å²) in [6, 6.07) is 5.80. The van der Waals surface area contributed by atoms with Crippen LogP contribution < -0.4 is 10.1 Å². The number of carbonyl (C=O) groups is 3. The molecule has 1 aliphatic heterocycles. The molecule has 154 valence electrons. The number of amides is 2. The molecule has 9 heteroatoms. The number of nitrogens with zero attached hydrogens (tertiary/aromatic N) is 1. The first-order valence-electron chi connectivity index (χ1n) is 9.21. The van der Waals surface area contributed by atoms with Crippen LogP contribution in [0.3, 0.4) is 0 Å². The molecule has 1 aliphatic rings. The fourth-order valence-electron chi connectivity index (χ4n) is 3.15. The summed E-state index contributed by atoms with van der Waals surface area (Å²) in [4.78, 5) is 37.0. The van der Waals surface area contributed by atoms with Gasteiger partial charge >= 0.3 is 12.6 Å². The summed E-state index contributed by atoms with van der Waals surface area (Å²) >= 11 is 0. The lowest BCUT2D eigenvalue weighted by Gasteiger charge is -2.32. The Bertz CT molecular complexity index is 699. The quantitative estimate of drug-likeness (QED) is 0.623. The topological polar surface area (TPSA) is 95.9 Å². The number of hydrogen-bond donors (Lipinski definition) is 2. The molecule has 0 bridgehead atoms. The molecule has 1 atom stereocenters. The van der Waals surface area contributed by atoms with E-state index in [1.807, 2.05) is 0 Å². The normalized spacial score (nSPS) is 16.7. The lowest BCUT2D eigenvalue weighted by Crippen LogP contribution is -2.45. The van der Waals surface area contributed by atoms with Gasteiger partial charge in [-0.15, -0.1) is 0 Å². The van der Waals surface area contributed by atoms with Crippen molar-refractivity contribution in [3.8, 4) is 5.75 Å². The van der Waals surface area contributed by atoms with Crippen molar-refractivity contribution in [1.29, 1.82) is 0 Å². The molecule has 1 fully saturated rings. The number of nitrogens with one attached hydrogen (secondary N) is 1. The minimum atomic E-state index is -3.03. The number of rotatable bonds is 9. The third-order valence-corrected chi connectivity index (χ3v) is 4.53. The number of aliphatic carboxylic acids is 1. The van der Waals surface area contributed by atoms with Crippen LogP contribution in [0.25, 0.3) is 0 Å². The molecule has 1 aromatic carbocycles. The molecule has 2 rings (SSSR count). The van der Waals surface area contributed by atoms with Crippen molar-refractivity contribution in [2.45, 2.75) is 38.7 Å². The summed E-state index contributed by atoms with van der Waals surface area (Å²) in [5, 5.41) is 11.4. The molecule has 0 aliphatic carbocycles. The zero-order valence-corrected chi connectivity index (χ0v) is 15.4. The molecule has 2 amide bonds. The average Bonchev–Trinajstić information content (AvgIpc) is 2.67. The molecule has 7 nitrogen and oxygen atoms in total. The second-order valence-corrected chi connectivity index (χ2v) is 6.61. The van der Waals surface area contributed by atoms with Crippen molar-refractivity contribution in [3.05, 3.63) is 29.8 Å². The first-order valence-corrected chi connectivity index (χ1v) is 9.21. The molecule has 1 unspecified atom stereocenters. The van der Waals surface area contributed by atoms with Crippen molar-refractivity contribution >= 4 is 17.8 Å². The number of ether oxygens (including phenoxy) is 1. The average molecular weight is 398 g/mol. The third-order valence-electron chi connectivity index (χ3n) is 4.53. The Morgan fingerprint density at radius 2 is 2.00 bits per heavy atom. The van der Waals surface area contributed by atoms with E-state index in [-0.39, 0.29) is 36.1 Å². The largest absolute Gasteiger partial charge is 0.481 e. The van der Waals surface area contributed by atoms with Gasteiger partial charge in [-0.05, 0) is 37.8 Å². The third kappa shape index (κ3) is 6.47. The van der Waals surface area contributed by atoms with Crippen LogP contribution in [0.1, 0.15) is 42.5 Å². The number of carboxylic acid groups (broad SMARTS) is 1. The second-order valence-electron chi connectivity index (χ2n) is 6.61. The maximum Gasteiger partial charge on any atom is 0.387 e. The molecule has 1 aromatic rings. The molecular weight excluding hydrogens is 374 g/mol. The molecule has 1 heterocycles. The van der Waals surface area contributed by atoms with Crippen LogP contribution in [-0.2, 0) is 9.59 Å². The first-order chi connectivity index (χ1) is 13.4. The molecule has 1 saturated heterocycles. The molecule has 2 N–H and O–H groups in total. The SMILES string of the molecule is O=C(O)CCCCNC(=O)C1CCCN(C(=O)c2ccccc2OC(F)F)C1. The van der Waals surface area contributed by atoms with E-state index >= 15 is 0 Å². The summed E-state index contributed by atoms with van der Waals surface area (Å²) in [5.41, 5.74) is 0.0394. The monoisotopic (exact) mass is 398 g/mol. The van der Waals surface area contributed by atoms with Crippen LogP contribution in [-0.4, -0.2) is 54.0 Å². The van der Waals surface area contributed by atoms with E-state index in [0.29, 0.717) is 38.8 Å². The highest BCUT2D eigenvalue weighted by atomic mass is 19.3. The Labute approximate surface area is 161 Å². The molecular formula is C19H24F2N2O5. The maximum absolute atomic E-state index is 12.7. The minimum absolute atomic E-state index is 0.0394. The summed E-state index contributed by atoms with van der Waals surface area (Å²) in [6.07, 6.45) is 2.35. The van der Waals surface area contributed by atoms with Gasteiger partial charge in [0, 0.05) is 26.1 Å². The van der Waals surface area contributed by atoms with E-state index in [1.54, 1.807) is 6.07 Å². The highest BCUT2D eigenvalue weighted by molar-refractivity contribution is 5.97. The highest BCUT2D eigenvalue weighted by Crippen LogP contribution is 2.25. The number of alkyl halides is 2. The number of likely N-dealkylation sites (tertiary alicyclic amines) is 1. The van der Waals surface area contributed by atoms with Crippen LogP contribution >= 0.6 is 0 Å². The van der Waals surface area contributed by atoms with E-state index in [1.165, 1.54) is 23.1 Å².